The molecule has 2 nitrogen and oxygen atoms in total. The molecule has 1 N–H and O–H groups in total. The number of nitrogens with zero attached hydrogens (tertiary/aromatic N) is 1. The average Bonchev–Trinajstić information content (AvgIpc) is 2.78. The molecule has 2 rings (SSSR count). The van der Waals surface area contributed by atoms with E-state index in [0.29, 0.717) is 10.5 Å². The molecule has 1 aromatic rings. The zero-order chi connectivity index (χ0) is 11.5. The fraction of sp³-hybridized carbons (Fsp3) is 0.727. The molecule has 0 aromatic carbocycles. The molecule has 2 heterocycles. The Kier molecular flexibility index (Phi) is 4.58. The topological polar surface area (TPSA) is 33.1 Å². The highest BCUT2D eigenvalue weighted by atomic mass is 32.2. The molecule has 90 valence electrons. The Morgan fingerprint density at radius 2 is 2.25 bits per heavy atom. The molecule has 5 heteroatoms. The van der Waals surface area contributed by atoms with Crippen LogP contribution in [0.1, 0.15) is 42.3 Å². The van der Waals surface area contributed by atoms with E-state index in [0.717, 1.165) is 5.69 Å². The van der Waals surface area contributed by atoms with Gasteiger partial charge in [-0.3, -0.25) is 0 Å². The number of thioether (sulfide) groups is 2. The molecule has 3 unspecified atom stereocenters. The zero-order valence-electron chi connectivity index (χ0n) is 9.55. The summed E-state index contributed by atoms with van der Waals surface area (Å²) in [5.41, 5.74) is 0.825. The van der Waals surface area contributed by atoms with Gasteiger partial charge in [0.05, 0.1) is 17.0 Å². The molecule has 0 radical (unpaired) electrons. The van der Waals surface area contributed by atoms with E-state index in [-0.39, 0.29) is 0 Å². The first-order chi connectivity index (χ1) is 7.72. The smallest absolute Gasteiger partial charge is 0.107 e. The van der Waals surface area contributed by atoms with Crippen molar-refractivity contribution in [2.24, 2.45) is 0 Å². The van der Waals surface area contributed by atoms with E-state index in [4.69, 9.17) is 0 Å². The van der Waals surface area contributed by atoms with E-state index in [1.807, 2.05) is 17.1 Å². The SMILES string of the molecule is CCC1SCCSC1c1nc(C(C)O)cs1. The summed E-state index contributed by atoms with van der Waals surface area (Å²) in [6.07, 6.45) is 0.762. The lowest BCUT2D eigenvalue weighted by molar-refractivity contribution is 0.195. The van der Waals surface area contributed by atoms with Crippen molar-refractivity contribution in [1.29, 1.82) is 0 Å². The van der Waals surface area contributed by atoms with Crippen molar-refractivity contribution in [3.63, 3.8) is 0 Å². The summed E-state index contributed by atoms with van der Waals surface area (Å²) in [5, 5.41) is 13.9. The van der Waals surface area contributed by atoms with Gasteiger partial charge in [0.2, 0.25) is 0 Å². The third-order valence-electron chi connectivity index (χ3n) is 2.66. The Morgan fingerprint density at radius 1 is 1.50 bits per heavy atom. The molecule has 1 fully saturated rings. The summed E-state index contributed by atoms with van der Waals surface area (Å²) in [6.45, 7) is 4.03. The highest BCUT2D eigenvalue weighted by Crippen LogP contribution is 2.45. The van der Waals surface area contributed by atoms with Gasteiger partial charge in [-0.2, -0.15) is 11.8 Å². The molecule has 0 amide bonds. The lowest BCUT2D eigenvalue weighted by Crippen LogP contribution is -2.18. The van der Waals surface area contributed by atoms with Gasteiger partial charge in [0.15, 0.2) is 0 Å². The van der Waals surface area contributed by atoms with E-state index >= 15 is 0 Å². The van der Waals surface area contributed by atoms with Crippen LogP contribution in [0.2, 0.25) is 0 Å². The summed E-state index contributed by atoms with van der Waals surface area (Å²) in [6, 6.07) is 0. The van der Waals surface area contributed by atoms with Crippen molar-refractivity contribution in [2.75, 3.05) is 11.5 Å². The Bertz CT molecular complexity index is 340. The molecule has 3 atom stereocenters. The van der Waals surface area contributed by atoms with E-state index < -0.39 is 6.10 Å². The van der Waals surface area contributed by atoms with Gasteiger partial charge >= 0.3 is 0 Å². The van der Waals surface area contributed by atoms with Gasteiger partial charge in [0.1, 0.15) is 5.01 Å². The highest BCUT2D eigenvalue weighted by Gasteiger charge is 2.28. The van der Waals surface area contributed by atoms with Crippen LogP contribution < -0.4 is 0 Å². The van der Waals surface area contributed by atoms with Crippen LogP contribution >= 0.6 is 34.9 Å². The molecule has 0 saturated carbocycles. The minimum absolute atomic E-state index is 0.439. The summed E-state index contributed by atoms with van der Waals surface area (Å²) in [4.78, 5) is 4.57. The minimum atomic E-state index is -0.439. The predicted octanol–water partition coefficient (Wildman–Crippen LogP) is 3.50. The van der Waals surface area contributed by atoms with Gasteiger partial charge in [-0.05, 0) is 13.3 Å². The van der Waals surface area contributed by atoms with Crippen LogP contribution in [-0.2, 0) is 0 Å². The van der Waals surface area contributed by atoms with Gasteiger partial charge in [-0.25, -0.2) is 4.98 Å². The van der Waals surface area contributed by atoms with E-state index in [2.05, 4.69) is 23.7 Å². The molecular weight excluding hydrogens is 258 g/mol. The van der Waals surface area contributed by atoms with Crippen LogP contribution in [0, 0.1) is 0 Å². The van der Waals surface area contributed by atoms with Gasteiger partial charge in [0.25, 0.3) is 0 Å². The molecule has 1 saturated heterocycles. The van der Waals surface area contributed by atoms with E-state index in [1.165, 1.54) is 22.9 Å². The van der Waals surface area contributed by atoms with Crippen LogP contribution in [-0.4, -0.2) is 26.8 Å². The molecule has 0 aliphatic carbocycles. The summed E-state index contributed by atoms with van der Waals surface area (Å²) < 4.78 is 0. The van der Waals surface area contributed by atoms with Crippen molar-refractivity contribution >= 4 is 34.9 Å². The number of thiazole rings is 1. The van der Waals surface area contributed by atoms with Gasteiger partial charge in [-0.1, -0.05) is 6.92 Å². The molecule has 0 bridgehead atoms. The lowest BCUT2D eigenvalue weighted by Gasteiger charge is -2.28. The fourth-order valence-corrected chi connectivity index (χ4v) is 6.10. The monoisotopic (exact) mass is 275 g/mol. The summed E-state index contributed by atoms with van der Waals surface area (Å²) in [7, 11) is 0. The number of hydrogen-bond acceptors (Lipinski definition) is 5. The Balaban J connectivity index is 2.14. The molecule has 16 heavy (non-hydrogen) atoms. The second kappa shape index (κ2) is 5.76. The Labute approximate surface area is 109 Å². The van der Waals surface area contributed by atoms with Gasteiger partial charge in [0, 0.05) is 22.1 Å². The number of rotatable bonds is 3. The fourth-order valence-electron chi connectivity index (χ4n) is 1.75. The summed E-state index contributed by atoms with van der Waals surface area (Å²) in [5.74, 6) is 2.48. The zero-order valence-corrected chi connectivity index (χ0v) is 12.0. The number of aromatic nitrogens is 1. The van der Waals surface area contributed by atoms with Crippen molar-refractivity contribution < 1.29 is 5.11 Å². The number of aliphatic hydroxyl groups excluding tert-OH is 1. The average molecular weight is 275 g/mol. The van der Waals surface area contributed by atoms with E-state index in [1.54, 1.807) is 18.3 Å². The van der Waals surface area contributed by atoms with Crippen molar-refractivity contribution in [2.45, 2.75) is 36.9 Å². The number of hydrogen-bond donors (Lipinski definition) is 1. The predicted molar refractivity (Wildman–Crippen MR) is 74.5 cm³/mol. The van der Waals surface area contributed by atoms with E-state index in [9.17, 15) is 5.11 Å². The van der Waals surface area contributed by atoms with Crippen LogP contribution in [0.3, 0.4) is 0 Å². The molecule has 1 aliphatic rings. The van der Waals surface area contributed by atoms with Crippen LogP contribution in [0.25, 0.3) is 0 Å². The Morgan fingerprint density at radius 3 is 2.88 bits per heavy atom. The third-order valence-corrected chi connectivity index (χ3v) is 7.01. The maximum Gasteiger partial charge on any atom is 0.107 e. The molecule has 1 aromatic heterocycles. The third kappa shape index (κ3) is 2.75. The summed E-state index contributed by atoms with van der Waals surface area (Å²) >= 11 is 5.78. The van der Waals surface area contributed by atoms with Gasteiger partial charge in [-0.15, -0.1) is 23.1 Å². The first-order valence-electron chi connectivity index (χ1n) is 5.59. The van der Waals surface area contributed by atoms with Gasteiger partial charge < -0.3 is 5.11 Å². The number of aliphatic hydroxyl groups is 1. The quantitative estimate of drug-likeness (QED) is 0.915. The highest BCUT2D eigenvalue weighted by molar-refractivity contribution is 8.06. The maximum atomic E-state index is 9.49. The normalized spacial score (nSPS) is 27.9. The second-order valence-electron chi connectivity index (χ2n) is 3.90. The molecule has 1 aliphatic heterocycles. The minimum Gasteiger partial charge on any atom is -0.387 e. The second-order valence-corrected chi connectivity index (χ2v) is 7.38. The van der Waals surface area contributed by atoms with Crippen LogP contribution in [0.15, 0.2) is 5.38 Å². The van der Waals surface area contributed by atoms with Crippen molar-refractivity contribution in [3.8, 4) is 0 Å². The standard InChI is InChI=1S/C11H17NOS3/c1-3-9-10(15-5-4-14-9)11-12-8(6-16-11)7(2)13/h6-7,9-10,13H,3-5H2,1-2H3. The maximum absolute atomic E-state index is 9.49. The molecular formula is C11H17NOS3. The van der Waals surface area contributed by atoms with Crippen molar-refractivity contribution in [1.82, 2.24) is 4.98 Å². The van der Waals surface area contributed by atoms with Crippen molar-refractivity contribution in [3.05, 3.63) is 16.1 Å². The first kappa shape index (κ1) is 12.7. The first-order valence-corrected chi connectivity index (χ1v) is 8.56. The lowest BCUT2D eigenvalue weighted by atomic mass is 10.2. The largest absolute Gasteiger partial charge is 0.387 e. The Hall–Kier alpha value is 0.290. The van der Waals surface area contributed by atoms with Crippen LogP contribution in [0.5, 0.6) is 0 Å². The van der Waals surface area contributed by atoms with Crippen LogP contribution in [0.4, 0.5) is 0 Å². The molecule has 0 spiro atoms.